The summed E-state index contributed by atoms with van der Waals surface area (Å²) in [5.74, 6) is 0. The first kappa shape index (κ1) is 10.3. The molecule has 0 saturated carbocycles. The van der Waals surface area contributed by atoms with Crippen molar-refractivity contribution in [3.8, 4) is 0 Å². The number of piperidine rings is 1. The van der Waals surface area contributed by atoms with Crippen LogP contribution in [0.4, 0.5) is 4.79 Å². The summed E-state index contributed by atoms with van der Waals surface area (Å²) in [5.41, 5.74) is 0. The number of aliphatic hydroxyl groups excluding tert-OH is 1. The molecule has 76 valence electrons. The maximum Gasteiger partial charge on any atom is 0.317 e. The fourth-order valence-corrected chi connectivity index (χ4v) is 1.62. The van der Waals surface area contributed by atoms with E-state index < -0.39 is 0 Å². The lowest BCUT2D eigenvalue weighted by atomic mass is 10.0. The quantitative estimate of drug-likeness (QED) is 0.628. The summed E-state index contributed by atoms with van der Waals surface area (Å²) in [6.45, 7) is 5.01. The summed E-state index contributed by atoms with van der Waals surface area (Å²) in [4.78, 5) is 13.2. The highest BCUT2D eigenvalue weighted by molar-refractivity contribution is 5.74. The van der Waals surface area contributed by atoms with Gasteiger partial charge in [0, 0.05) is 19.1 Å². The van der Waals surface area contributed by atoms with E-state index in [9.17, 15) is 9.90 Å². The predicted octanol–water partition coefficient (Wildman–Crippen LogP) is 0.561. The first-order valence-corrected chi connectivity index (χ1v) is 4.87. The Labute approximate surface area is 78.9 Å². The number of nitrogens with one attached hydrogen (secondary N) is 1. The Kier molecular flexibility index (Phi) is 3.54. The Bertz CT molecular complexity index is 184. The molecule has 4 heteroatoms. The number of urea groups is 1. The number of nitrogens with zero attached hydrogens (tertiary/aromatic N) is 1. The Balaban J connectivity index is 2.50. The van der Waals surface area contributed by atoms with Crippen LogP contribution in [0, 0.1) is 0 Å². The van der Waals surface area contributed by atoms with Crippen molar-refractivity contribution >= 4 is 6.03 Å². The van der Waals surface area contributed by atoms with Gasteiger partial charge in [-0.2, -0.15) is 0 Å². The van der Waals surface area contributed by atoms with Crippen LogP contribution in [0.2, 0.25) is 0 Å². The molecule has 2 N–H and O–H groups in total. The number of hydrogen-bond donors (Lipinski definition) is 2. The maximum atomic E-state index is 11.5. The van der Waals surface area contributed by atoms with E-state index in [1.54, 1.807) is 4.90 Å². The number of likely N-dealkylation sites (tertiary alicyclic amines) is 1. The molecule has 0 radical (unpaired) electrons. The van der Waals surface area contributed by atoms with Gasteiger partial charge in [-0.05, 0) is 26.7 Å². The topological polar surface area (TPSA) is 52.6 Å². The van der Waals surface area contributed by atoms with E-state index in [4.69, 9.17) is 0 Å². The summed E-state index contributed by atoms with van der Waals surface area (Å²) < 4.78 is 0. The van der Waals surface area contributed by atoms with Crippen molar-refractivity contribution in [2.75, 3.05) is 13.1 Å². The van der Waals surface area contributed by atoms with E-state index in [2.05, 4.69) is 5.32 Å². The van der Waals surface area contributed by atoms with Crippen molar-refractivity contribution in [1.29, 1.82) is 0 Å². The summed E-state index contributed by atoms with van der Waals surface area (Å²) in [6, 6.07) is 0.184. The molecule has 1 rings (SSSR count). The Morgan fingerprint density at radius 2 is 2.31 bits per heavy atom. The monoisotopic (exact) mass is 186 g/mol. The molecule has 2 atom stereocenters. The third-order valence-electron chi connectivity index (χ3n) is 2.45. The van der Waals surface area contributed by atoms with Crippen molar-refractivity contribution in [2.45, 2.75) is 38.8 Å². The zero-order chi connectivity index (χ0) is 9.84. The third kappa shape index (κ3) is 2.59. The summed E-state index contributed by atoms with van der Waals surface area (Å²) in [7, 11) is 0. The highest BCUT2D eigenvalue weighted by Crippen LogP contribution is 2.16. The van der Waals surface area contributed by atoms with Crippen LogP contribution >= 0.6 is 0 Å². The summed E-state index contributed by atoms with van der Waals surface area (Å²) in [5, 5.41) is 12.1. The van der Waals surface area contributed by atoms with Crippen LogP contribution in [0.1, 0.15) is 26.7 Å². The molecule has 13 heavy (non-hydrogen) atoms. The van der Waals surface area contributed by atoms with Gasteiger partial charge in [-0.25, -0.2) is 4.79 Å². The molecule has 0 aromatic heterocycles. The summed E-state index contributed by atoms with van der Waals surface area (Å²) in [6.07, 6.45) is 1.34. The van der Waals surface area contributed by atoms with E-state index in [0.717, 1.165) is 12.8 Å². The van der Waals surface area contributed by atoms with Crippen molar-refractivity contribution < 1.29 is 9.90 Å². The van der Waals surface area contributed by atoms with Crippen molar-refractivity contribution in [2.24, 2.45) is 0 Å². The molecule has 0 bridgehead atoms. The summed E-state index contributed by atoms with van der Waals surface area (Å²) >= 11 is 0. The number of rotatable bonds is 1. The van der Waals surface area contributed by atoms with Crippen LogP contribution in [-0.4, -0.2) is 41.3 Å². The number of carbonyl (C=O) groups is 1. The number of amides is 2. The van der Waals surface area contributed by atoms with Crippen molar-refractivity contribution in [1.82, 2.24) is 10.2 Å². The lowest BCUT2D eigenvalue weighted by Crippen LogP contribution is -2.51. The van der Waals surface area contributed by atoms with Gasteiger partial charge in [-0.1, -0.05) is 0 Å². The molecule has 1 aliphatic rings. The predicted molar refractivity (Wildman–Crippen MR) is 50.5 cm³/mol. The first-order chi connectivity index (χ1) is 6.15. The van der Waals surface area contributed by atoms with Gasteiger partial charge in [0.2, 0.25) is 0 Å². The second kappa shape index (κ2) is 4.46. The molecule has 0 spiro atoms. The number of carbonyl (C=O) groups excluding carboxylic acids is 1. The van der Waals surface area contributed by atoms with Gasteiger partial charge in [0.1, 0.15) is 0 Å². The average molecular weight is 186 g/mol. The van der Waals surface area contributed by atoms with Crippen molar-refractivity contribution in [3.05, 3.63) is 0 Å². The maximum absolute atomic E-state index is 11.5. The number of β-amino-alcohol motifs (C(OH)–C–C–N with tert-alkyl or cyclic N) is 1. The van der Waals surface area contributed by atoms with E-state index in [-0.39, 0.29) is 18.2 Å². The smallest absolute Gasteiger partial charge is 0.317 e. The minimum absolute atomic E-state index is 0.0613. The molecule has 1 saturated heterocycles. The molecule has 1 heterocycles. The second-order valence-corrected chi connectivity index (χ2v) is 3.57. The van der Waals surface area contributed by atoms with Gasteiger partial charge in [-0.3, -0.25) is 0 Å². The largest absolute Gasteiger partial charge is 0.391 e. The van der Waals surface area contributed by atoms with Crippen LogP contribution in [0.15, 0.2) is 0 Å². The standard InChI is InChI=1S/C9H18N2O2/c1-3-10-9(13)11-6-8(12)5-4-7(11)2/h7-8,12H,3-6H2,1-2H3,(H,10,13)/t7-,8-/m0/s1. The molecular formula is C9H18N2O2. The van der Waals surface area contributed by atoms with E-state index in [1.807, 2.05) is 13.8 Å². The van der Waals surface area contributed by atoms with Gasteiger partial charge in [0.25, 0.3) is 0 Å². The number of aliphatic hydroxyl groups is 1. The van der Waals surface area contributed by atoms with Gasteiger partial charge in [-0.15, -0.1) is 0 Å². The van der Waals surface area contributed by atoms with E-state index in [1.165, 1.54) is 0 Å². The average Bonchev–Trinajstić information content (AvgIpc) is 2.09. The second-order valence-electron chi connectivity index (χ2n) is 3.57. The normalized spacial score (nSPS) is 28.7. The Morgan fingerprint density at radius 1 is 1.62 bits per heavy atom. The van der Waals surface area contributed by atoms with Crippen LogP contribution < -0.4 is 5.32 Å². The highest BCUT2D eigenvalue weighted by atomic mass is 16.3. The molecule has 0 aromatic rings. The lowest BCUT2D eigenvalue weighted by molar-refractivity contribution is 0.0600. The zero-order valence-electron chi connectivity index (χ0n) is 8.29. The van der Waals surface area contributed by atoms with Gasteiger partial charge < -0.3 is 15.3 Å². The lowest BCUT2D eigenvalue weighted by Gasteiger charge is -2.35. The molecule has 0 aliphatic carbocycles. The minimum atomic E-state index is -0.348. The van der Waals surface area contributed by atoms with E-state index in [0.29, 0.717) is 13.1 Å². The molecule has 0 unspecified atom stereocenters. The molecule has 1 fully saturated rings. The molecule has 1 aliphatic heterocycles. The zero-order valence-corrected chi connectivity index (χ0v) is 8.29. The Morgan fingerprint density at radius 3 is 2.92 bits per heavy atom. The Hall–Kier alpha value is -0.770. The number of hydrogen-bond acceptors (Lipinski definition) is 2. The van der Waals surface area contributed by atoms with Gasteiger partial charge in [0.05, 0.1) is 6.10 Å². The highest BCUT2D eigenvalue weighted by Gasteiger charge is 2.27. The third-order valence-corrected chi connectivity index (χ3v) is 2.45. The molecule has 0 aromatic carbocycles. The van der Waals surface area contributed by atoms with Crippen LogP contribution in [-0.2, 0) is 0 Å². The minimum Gasteiger partial charge on any atom is -0.391 e. The SMILES string of the molecule is CCNC(=O)N1C[C@@H](O)CC[C@@H]1C. The van der Waals surface area contributed by atoms with Crippen LogP contribution in [0.3, 0.4) is 0 Å². The van der Waals surface area contributed by atoms with Gasteiger partial charge in [0.15, 0.2) is 0 Å². The first-order valence-electron chi connectivity index (χ1n) is 4.87. The van der Waals surface area contributed by atoms with Crippen LogP contribution in [0.25, 0.3) is 0 Å². The molecular weight excluding hydrogens is 168 g/mol. The molecule has 4 nitrogen and oxygen atoms in total. The molecule has 2 amide bonds. The van der Waals surface area contributed by atoms with E-state index >= 15 is 0 Å². The van der Waals surface area contributed by atoms with Gasteiger partial charge >= 0.3 is 6.03 Å². The van der Waals surface area contributed by atoms with Crippen LogP contribution in [0.5, 0.6) is 0 Å². The fourth-order valence-electron chi connectivity index (χ4n) is 1.62. The fraction of sp³-hybridized carbons (Fsp3) is 0.889. The van der Waals surface area contributed by atoms with Crippen molar-refractivity contribution in [3.63, 3.8) is 0 Å².